The Morgan fingerprint density at radius 1 is 1.29 bits per heavy atom. The maximum absolute atomic E-state index is 12.1. The van der Waals surface area contributed by atoms with Crippen LogP contribution in [0.2, 0.25) is 0 Å². The number of rotatable bonds is 3. The summed E-state index contributed by atoms with van der Waals surface area (Å²) in [5.74, 6) is 0.0576. The monoisotopic (exact) mass is 302 g/mol. The fourth-order valence-corrected chi connectivity index (χ4v) is 3.28. The topological polar surface area (TPSA) is 68.1 Å². The van der Waals surface area contributed by atoms with Crippen molar-refractivity contribution in [3.8, 4) is 5.69 Å². The van der Waals surface area contributed by atoms with Gasteiger partial charge in [0.05, 0.1) is 5.69 Å². The molecule has 1 aliphatic rings. The predicted molar refractivity (Wildman–Crippen MR) is 80.4 cm³/mol. The van der Waals surface area contributed by atoms with Crippen molar-refractivity contribution in [3.05, 3.63) is 36.9 Å². The highest BCUT2D eigenvalue weighted by Gasteiger charge is 2.31. The lowest BCUT2D eigenvalue weighted by Crippen LogP contribution is -2.24. The third kappa shape index (κ3) is 2.97. The number of anilines is 1. The maximum atomic E-state index is 12.1. The van der Waals surface area contributed by atoms with Gasteiger partial charge in [0.1, 0.15) is 12.7 Å². The summed E-state index contributed by atoms with van der Waals surface area (Å²) in [4.78, 5) is 28.8. The van der Waals surface area contributed by atoms with E-state index in [9.17, 15) is 9.59 Å². The van der Waals surface area contributed by atoms with Gasteiger partial charge >= 0.3 is 0 Å². The summed E-state index contributed by atoms with van der Waals surface area (Å²) in [6.07, 6.45) is 3.51. The van der Waals surface area contributed by atoms with Gasteiger partial charge in [-0.1, -0.05) is 11.8 Å². The van der Waals surface area contributed by atoms with Crippen molar-refractivity contribution in [3.63, 3.8) is 0 Å². The summed E-state index contributed by atoms with van der Waals surface area (Å²) in [6.45, 7) is 2.11. The van der Waals surface area contributed by atoms with Gasteiger partial charge in [0, 0.05) is 30.8 Å². The highest BCUT2D eigenvalue weighted by atomic mass is 32.2. The van der Waals surface area contributed by atoms with E-state index in [1.54, 1.807) is 15.9 Å². The molecule has 1 aliphatic heterocycles. The first-order chi connectivity index (χ1) is 10.1. The minimum absolute atomic E-state index is 0.0463. The molecular weight excluding hydrogens is 288 g/mol. The second-order valence-corrected chi connectivity index (χ2v) is 6.27. The van der Waals surface area contributed by atoms with Crippen LogP contribution < -0.4 is 4.90 Å². The number of nitrogens with zero attached hydrogens (tertiary/aromatic N) is 4. The molecule has 0 spiro atoms. The zero-order valence-electron chi connectivity index (χ0n) is 11.5. The molecule has 0 radical (unpaired) electrons. The second kappa shape index (κ2) is 5.69. The van der Waals surface area contributed by atoms with Gasteiger partial charge in [-0.05, 0) is 24.3 Å². The van der Waals surface area contributed by atoms with Crippen LogP contribution in [0.25, 0.3) is 5.69 Å². The Balaban J connectivity index is 1.75. The standard InChI is InChI=1S/C14H14N4O2S/c1-10(19)21-13-6-14(20)17(7-13)11-2-4-12(5-3-11)18-9-15-8-16-18/h2-5,8-9,13H,6-7H2,1H3. The lowest BCUT2D eigenvalue weighted by atomic mass is 10.2. The van der Waals surface area contributed by atoms with Crippen molar-refractivity contribution in [2.75, 3.05) is 11.4 Å². The third-order valence-corrected chi connectivity index (χ3v) is 4.25. The fraction of sp³-hybridized carbons (Fsp3) is 0.286. The van der Waals surface area contributed by atoms with Crippen molar-refractivity contribution in [1.29, 1.82) is 0 Å². The third-order valence-electron chi connectivity index (χ3n) is 3.27. The number of hydrogen-bond donors (Lipinski definition) is 0. The molecule has 21 heavy (non-hydrogen) atoms. The van der Waals surface area contributed by atoms with E-state index in [1.807, 2.05) is 24.3 Å². The van der Waals surface area contributed by atoms with Crippen LogP contribution >= 0.6 is 11.8 Å². The number of benzene rings is 1. The quantitative estimate of drug-likeness (QED) is 0.862. The summed E-state index contributed by atoms with van der Waals surface area (Å²) in [6, 6.07) is 7.55. The molecule has 7 heteroatoms. The molecule has 1 fully saturated rings. The Hall–Kier alpha value is -2.15. The van der Waals surface area contributed by atoms with E-state index in [1.165, 1.54) is 25.0 Å². The van der Waals surface area contributed by atoms with Crippen LogP contribution in [-0.2, 0) is 9.59 Å². The summed E-state index contributed by atoms with van der Waals surface area (Å²) >= 11 is 1.24. The Labute approximate surface area is 126 Å². The van der Waals surface area contributed by atoms with Crippen LogP contribution in [0.3, 0.4) is 0 Å². The smallest absolute Gasteiger partial charge is 0.228 e. The molecule has 0 bridgehead atoms. The number of aromatic nitrogens is 3. The molecule has 3 rings (SSSR count). The van der Waals surface area contributed by atoms with E-state index in [0.29, 0.717) is 13.0 Å². The first-order valence-electron chi connectivity index (χ1n) is 6.56. The van der Waals surface area contributed by atoms with Gasteiger partial charge in [0.2, 0.25) is 5.91 Å². The molecule has 0 N–H and O–H groups in total. The fourth-order valence-electron chi connectivity index (χ4n) is 2.36. The van der Waals surface area contributed by atoms with Crippen molar-refractivity contribution in [2.45, 2.75) is 18.6 Å². The zero-order chi connectivity index (χ0) is 14.8. The van der Waals surface area contributed by atoms with Gasteiger partial charge in [0.15, 0.2) is 5.12 Å². The van der Waals surface area contributed by atoms with Crippen LogP contribution in [-0.4, -0.2) is 37.6 Å². The van der Waals surface area contributed by atoms with E-state index < -0.39 is 0 Å². The first-order valence-corrected chi connectivity index (χ1v) is 7.44. The van der Waals surface area contributed by atoms with E-state index in [0.717, 1.165) is 11.4 Å². The lowest BCUT2D eigenvalue weighted by Gasteiger charge is -2.16. The van der Waals surface area contributed by atoms with Crippen molar-refractivity contribution < 1.29 is 9.59 Å². The van der Waals surface area contributed by atoms with E-state index in [-0.39, 0.29) is 16.3 Å². The molecule has 108 valence electrons. The number of thioether (sulfide) groups is 1. The zero-order valence-corrected chi connectivity index (χ0v) is 12.3. The minimum Gasteiger partial charge on any atom is -0.311 e. The number of hydrogen-bond acceptors (Lipinski definition) is 5. The van der Waals surface area contributed by atoms with E-state index in [4.69, 9.17) is 0 Å². The second-order valence-electron chi connectivity index (χ2n) is 4.80. The number of carbonyl (C=O) groups excluding carboxylic acids is 2. The Kier molecular flexibility index (Phi) is 3.74. The number of carbonyl (C=O) groups is 2. The number of amides is 1. The van der Waals surface area contributed by atoms with Crippen LogP contribution in [0, 0.1) is 0 Å². The minimum atomic E-state index is 0.0463. The van der Waals surface area contributed by atoms with Gasteiger partial charge in [-0.15, -0.1) is 0 Å². The Bertz CT molecular complexity index is 654. The largest absolute Gasteiger partial charge is 0.311 e. The molecular formula is C14H14N4O2S. The van der Waals surface area contributed by atoms with E-state index >= 15 is 0 Å². The Morgan fingerprint density at radius 2 is 2.00 bits per heavy atom. The highest BCUT2D eigenvalue weighted by molar-refractivity contribution is 8.14. The molecule has 0 saturated carbocycles. The van der Waals surface area contributed by atoms with E-state index in [2.05, 4.69) is 10.1 Å². The molecule has 1 aromatic carbocycles. The van der Waals surface area contributed by atoms with Crippen molar-refractivity contribution in [2.24, 2.45) is 0 Å². The summed E-state index contributed by atoms with van der Waals surface area (Å²) < 4.78 is 1.66. The molecule has 1 unspecified atom stereocenters. The van der Waals surface area contributed by atoms with Gasteiger partial charge in [0.25, 0.3) is 0 Å². The normalized spacial score (nSPS) is 18.2. The van der Waals surface area contributed by atoms with Crippen LogP contribution in [0.15, 0.2) is 36.9 Å². The molecule has 1 atom stereocenters. The summed E-state index contributed by atoms with van der Waals surface area (Å²) in [5, 5.41) is 4.16. The highest BCUT2D eigenvalue weighted by Crippen LogP contribution is 2.29. The molecule has 6 nitrogen and oxygen atoms in total. The van der Waals surface area contributed by atoms with Crippen LogP contribution in [0.1, 0.15) is 13.3 Å². The first kappa shape index (κ1) is 13.8. The van der Waals surface area contributed by atoms with Crippen molar-refractivity contribution in [1.82, 2.24) is 14.8 Å². The van der Waals surface area contributed by atoms with Gasteiger partial charge < -0.3 is 4.90 Å². The lowest BCUT2D eigenvalue weighted by molar-refractivity contribution is -0.117. The average molecular weight is 302 g/mol. The maximum Gasteiger partial charge on any atom is 0.228 e. The van der Waals surface area contributed by atoms with Crippen LogP contribution in [0.4, 0.5) is 5.69 Å². The molecule has 1 amide bonds. The summed E-state index contributed by atoms with van der Waals surface area (Å²) in [7, 11) is 0. The molecule has 0 aliphatic carbocycles. The SMILES string of the molecule is CC(=O)SC1CC(=O)N(c2ccc(-n3cncn3)cc2)C1. The average Bonchev–Trinajstić information content (AvgIpc) is 3.08. The molecule has 1 aromatic heterocycles. The molecule has 2 heterocycles. The van der Waals surface area contributed by atoms with Gasteiger partial charge in [-0.3, -0.25) is 9.59 Å². The predicted octanol–water partition coefficient (Wildman–Crippen LogP) is 1.65. The molecule has 2 aromatic rings. The Morgan fingerprint density at radius 3 is 2.62 bits per heavy atom. The van der Waals surface area contributed by atoms with Crippen molar-refractivity contribution >= 4 is 28.5 Å². The van der Waals surface area contributed by atoms with Gasteiger partial charge in [-0.2, -0.15) is 5.10 Å². The molecule has 1 saturated heterocycles. The van der Waals surface area contributed by atoms with Crippen LogP contribution in [0.5, 0.6) is 0 Å². The summed E-state index contributed by atoms with van der Waals surface area (Å²) in [5.41, 5.74) is 1.73. The van der Waals surface area contributed by atoms with Gasteiger partial charge in [-0.25, -0.2) is 9.67 Å².